The topological polar surface area (TPSA) is 49.6 Å². The lowest BCUT2D eigenvalue weighted by Gasteiger charge is -2.18. The normalized spacial score (nSPS) is 14.0. The fourth-order valence-corrected chi connectivity index (χ4v) is 2.78. The van der Waals surface area contributed by atoms with Crippen LogP contribution in [0.1, 0.15) is 36.3 Å². The number of aliphatic hydroxyl groups is 1. The van der Waals surface area contributed by atoms with Crippen molar-refractivity contribution in [2.45, 2.75) is 39.0 Å². The number of hydrogen-bond donors (Lipinski definition) is 2. The van der Waals surface area contributed by atoms with Gasteiger partial charge >= 0.3 is 0 Å². The molecule has 0 amide bonds. The molecule has 0 spiro atoms. The Bertz CT molecular complexity index is 767. The summed E-state index contributed by atoms with van der Waals surface area (Å²) < 4.78 is 2.11. The summed E-state index contributed by atoms with van der Waals surface area (Å²) in [6, 6.07) is 14.1. The maximum Gasteiger partial charge on any atom is 0.136 e. The van der Waals surface area contributed by atoms with Gasteiger partial charge in [-0.05, 0) is 37.5 Å². The van der Waals surface area contributed by atoms with E-state index in [1.165, 1.54) is 5.56 Å². The minimum absolute atomic E-state index is 0.209. The molecule has 3 rings (SSSR count). The van der Waals surface area contributed by atoms with Gasteiger partial charge in [0.25, 0.3) is 0 Å². The molecule has 0 bridgehead atoms. The molecule has 0 fully saturated rings. The summed E-state index contributed by atoms with van der Waals surface area (Å²) in [6.45, 7) is 4.91. The first-order valence-corrected chi connectivity index (χ1v) is 8.02. The van der Waals surface area contributed by atoms with E-state index in [-0.39, 0.29) is 6.04 Å². The van der Waals surface area contributed by atoms with E-state index < -0.39 is 6.10 Å². The van der Waals surface area contributed by atoms with Crippen molar-refractivity contribution in [2.24, 2.45) is 0 Å². The maximum absolute atomic E-state index is 10.3. The largest absolute Gasteiger partial charge is 0.388 e. The van der Waals surface area contributed by atoms with E-state index in [2.05, 4.69) is 40.8 Å². The van der Waals surface area contributed by atoms with E-state index in [1.54, 1.807) is 0 Å². The fraction of sp³-hybridized carbons (Fsp3) is 0.316. The molecule has 0 aliphatic carbocycles. The van der Waals surface area contributed by atoms with E-state index in [9.17, 15) is 5.11 Å². The van der Waals surface area contributed by atoms with E-state index in [0.717, 1.165) is 23.4 Å². The zero-order valence-electron chi connectivity index (χ0n) is 13.6. The second-order valence-electron chi connectivity index (χ2n) is 6.13. The molecule has 4 nitrogen and oxygen atoms in total. The number of aliphatic hydroxyl groups excluding tert-OH is 1. The first-order chi connectivity index (χ1) is 11.1. The molecule has 2 unspecified atom stereocenters. The van der Waals surface area contributed by atoms with Gasteiger partial charge < -0.3 is 14.8 Å². The maximum atomic E-state index is 10.3. The van der Waals surface area contributed by atoms with E-state index >= 15 is 0 Å². The Labute approximate surface area is 136 Å². The SMILES string of the molecule is Cc1ccc2ncc(CNC(C)CC(O)c3ccccc3)n2c1. The van der Waals surface area contributed by atoms with Gasteiger partial charge in [0.1, 0.15) is 5.65 Å². The van der Waals surface area contributed by atoms with Crippen molar-refractivity contribution in [3.8, 4) is 0 Å². The Morgan fingerprint density at radius 1 is 1.17 bits per heavy atom. The summed E-state index contributed by atoms with van der Waals surface area (Å²) in [7, 11) is 0. The van der Waals surface area contributed by atoms with Crippen molar-refractivity contribution in [2.75, 3.05) is 0 Å². The van der Waals surface area contributed by atoms with Gasteiger partial charge in [0.2, 0.25) is 0 Å². The Hall–Kier alpha value is -2.17. The van der Waals surface area contributed by atoms with Crippen LogP contribution in [-0.4, -0.2) is 20.5 Å². The Morgan fingerprint density at radius 2 is 1.96 bits per heavy atom. The smallest absolute Gasteiger partial charge is 0.136 e. The average Bonchev–Trinajstić information content (AvgIpc) is 2.96. The van der Waals surface area contributed by atoms with Crippen molar-refractivity contribution in [3.05, 3.63) is 71.7 Å². The Morgan fingerprint density at radius 3 is 2.74 bits per heavy atom. The highest BCUT2D eigenvalue weighted by molar-refractivity contribution is 5.41. The molecule has 0 aliphatic rings. The van der Waals surface area contributed by atoms with Gasteiger partial charge in [-0.3, -0.25) is 0 Å². The van der Waals surface area contributed by atoms with Crippen LogP contribution in [0.3, 0.4) is 0 Å². The second-order valence-corrected chi connectivity index (χ2v) is 6.13. The van der Waals surface area contributed by atoms with Crippen LogP contribution in [0, 0.1) is 6.92 Å². The lowest BCUT2D eigenvalue weighted by atomic mass is 10.0. The minimum atomic E-state index is -0.442. The standard InChI is InChI=1S/C19H23N3O/c1-14-8-9-19-21-12-17(22(19)13-14)11-20-15(2)10-18(23)16-6-4-3-5-7-16/h3-9,12-13,15,18,20,23H,10-11H2,1-2H3. The molecular weight excluding hydrogens is 286 g/mol. The minimum Gasteiger partial charge on any atom is -0.388 e. The van der Waals surface area contributed by atoms with Crippen LogP contribution >= 0.6 is 0 Å². The van der Waals surface area contributed by atoms with Crippen LogP contribution in [0.25, 0.3) is 5.65 Å². The van der Waals surface area contributed by atoms with Gasteiger partial charge in [-0.1, -0.05) is 36.4 Å². The van der Waals surface area contributed by atoms with E-state index in [0.29, 0.717) is 6.42 Å². The van der Waals surface area contributed by atoms with E-state index in [1.807, 2.05) is 42.6 Å². The number of aromatic nitrogens is 2. The van der Waals surface area contributed by atoms with Crippen LogP contribution in [0.2, 0.25) is 0 Å². The summed E-state index contributed by atoms with van der Waals surface area (Å²) >= 11 is 0. The molecule has 4 heteroatoms. The third-order valence-corrected chi connectivity index (χ3v) is 4.12. The number of benzene rings is 1. The number of fused-ring (bicyclic) bond motifs is 1. The highest BCUT2D eigenvalue weighted by Gasteiger charge is 2.12. The van der Waals surface area contributed by atoms with Crippen molar-refractivity contribution in [3.63, 3.8) is 0 Å². The lowest BCUT2D eigenvalue weighted by Crippen LogP contribution is -2.28. The molecule has 0 saturated carbocycles. The monoisotopic (exact) mass is 309 g/mol. The molecule has 3 aromatic rings. The number of hydrogen-bond acceptors (Lipinski definition) is 3. The van der Waals surface area contributed by atoms with Gasteiger partial charge in [0, 0.05) is 18.8 Å². The first kappa shape index (κ1) is 15.7. The zero-order valence-corrected chi connectivity index (χ0v) is 13.6. The molecule has 2 heterocycles. The van der Waals surface area contributed by atoms with Gasteiger partial charge in [-0.2, -0.15) is 0 Å². The molecule has 2 atom stereocenters. The summed E-state index contributed by atoms with van der Waals surface area (Å²) in [4.78, 5) is 4.42. The molecule has 2 N–H and O–H groups in total. The number of nitrogens with zero attached hydrogens (tertiary/aromatic N) is 2. The predicted octanol–water partition coefficient (Wildman–Crippen LogP) is 3.24. The predicted molar refractivity (Wildman–Crippen MR) is 92.2 cm³/mol. The van der Waals surface area contributed by atoms with Crippen molar-refractivity contribution >= 4 is 5.65 Å². The second kappa shape index (κ2) is 6.94. The summed E-state index contributed by atoms with van der Waals surface area (Å²) in [5, 5.41) is 13.8. The molecule has 1 aromatic carbocycles. The molecule has 0 saturated heterocycles. The summed E-state index contributed by atoms with van der Waals surface area (Å²) in [6.07, 6.45) is 4.24. The van der Waals surface area contributed by atoms with Crippen LogP contribution in [0.5, 0.6) is 0 Å². The molecular formula is C19H23N3O. The van der Waals surface area contributed by atoms with Crippen molar-refractivity contribution in [1.82, 2.24) is 14.7 Å². The van der Waals surface area contributed by atoms with Crippen LogP contribution in [0.15, 0.2) is 54.9 Å². The zero-order chi connectivity index (χ0) is 16.2. The Balaban J connectivity index is 1.60. The number of rotatable bonds is 6. The number of pyridine rings is 1. The Kier molecular flexibility index (Phi) is 4.74. The van der Waals surface area contributed by atoms with Gasteiger partial charge in [-0.15, -0.1) is 0 Å². The average molecular weight is 309 g/mol. The van der Waals surface area contributed by atoms with Crippen LogP contribution < -0.4 is 5.32 Å². The highest BCUT2D eigenvalue weighted by Crippen LogP contribution is 2.18. The first-order valence-electron chi connectivity index (χ1n) is 8.02. The molecule has 0 radical (unpaired) electrons. The fourth-order valence-electron chi connectivity index (χ4n) is 2.78. The highest BCUT2D eigenvalue weighted by atomic mass is 16.3. The van der Waals surface area contributed by atoms with Gasteiger partial charge in [0.05, 0.1) is 18.0 Å². The molecule has 120 valence electrons. The number of aryl methyl sites for hydroxylation is 1. The van der Waals surface area contributed by atoms with E-state index in [4.69, 9.17) is 0 Å². The van der Waals surface area contributed by atoms with Crippen LogP contribution in [-0.2, 0) is 6.54 Å². The van der Waals surface area contributed by atoms with Gasteiger partial charge in [0.15, 0.2) is 0 Å². The number of imidazole rings is 1. The van der Waals surface area contributed by atoms with Crippen molar-refractivity contribution < 1.29 is 5.11 Å². The molecule has 23 heavy (non-hydrogen) atoms. The molecule has 0 aliphatic heterocycles. The van der Waals surface area contributed by atoms with Gasteiger partial charge in [-0.25, -0.2) is 4.98 Å². The summed E-state index contributed by atoms with van der Waals surface area (Å²) in [5.41, 5.74) is 4.27. The van der Waals surface area contributed by atoms with Crippen molar-refractivity contribution in [1.29, 1.82) is 0 Å². The third-order valence-electron chi connectivity index (χ3n) is 4.12. The molecule has 2 aromatic heterocycles. The van der Waals surface area contributed by atoms with Crippen LogP contribution in [0.4, 0.5) is 0 Å². The summed E-state index contributed by atoms with van der Waals surface area (Å²) in [5.74, 6) is 0. The number of nitrogens with one attached hydrogen (secondary N) is 1. The third kappa shape index (κ3) is 3.78. The quantitative estimate of drug-likeness (QED) is 0.735. The lowest BCUT2D eigenvalue weighted by molar-refractivity contribution is 0.153.